The molecule has 1 saturated heterocycles. The van der Waals surface area contributed by atoms with Crippen LogP contribution in [-0.2, 0) is 5.54 Å². The monoisotopic (exact) mass is 189 g/mol. The van der Waals surface area contributed by atoms with Crippen LogP contribution in [0.1, 0.15) is 31.4 Å². The van der Waals surface area contributed by atoms with Gasteiger partial charge in [0.2, 0.25) is 0 Å². The van der Waals surface area contributed by atoms with Crippen molar-refractivity contribution in [2.75, 3.05) is 6.54 Å². The molecule has 76 valence electrons. The zero-order valence-electron chi connectivity index (χ0n) is 9.30. The van der Waals surface area contributed by atoms with Crippen LogP contribution in [0, 0.1) is 12.8 Å². The van der Waals surface area contributed by atoms with Crippen LogP contribution in [0.15, 0.2) is 24.3 Å². The lowest BCUT2D eigenvalue weighted by Crippen LogP contribution is -2.57. The number of benzene rings is 1. The van der Waals surface area contributed by atoms with E-state index in [1.54, 1.807) is 0 Å². The first-order chi connectivity index (χ1) is 6.65. The van der Waals surface area contributed by atoms with Crippen LogP contribution in [0.2, 0.25) is 0 Å². The highest BCUT2D eigenvalue weighted by molar-refractivity contribution is 5.30. The summed E-state index contributed by atoms with van der Waals surface area (Å²) < 4.78 is 0. The van der Waals surface area contributed by atoms with Crippen LogP contribution >= 0.6 is 0 Å². The zero-order valence-corrected chi connectivity index (χ0v) is 9.30. The molecule has 0 spiro atoms. The third-order valence-corrected chi connectivity index (χ3v) is 3.51. The zero-order chi connectivity index (χ0) is 10.2. The van der Waals surface area contributed by atoms with Crippen molar-refractivity contribution < 1.29 is 0 Å². The normalized spacial score (nSPS) is 26.3. The largest absolute Gasteiger partial charge is 0.307 e. The number of nitrogens with one attached hydrogen (secondary N) is 1. The topological polar surface area (TPSA) is 12.0 Å². The third-order valence-electron chi connectivity index (χ3n) is 3.51. The summed E-state index contributed by atoms with van der Waals surface area (Å²) in [5.41, 5.74) is 3.05. The molecule has 1 atom stereocenters. The fourth-order valence-electron chi connectivity index (χ4n) is 2.32. The molecular formula is C13H19N. The molecule has 2 rings (SSSR count). The Bertz CT molecular complexity index is 307. The van der Waals surface area contributed by atoms with Crippen molar-refractivity contribution in [3.05, 3.63) is 35.4 Å². The van der Waals surface area contributed by atoms with Crippen molar-refractivity contribution in [1.82, 2.24) is 5.32 Å². The van der Waals surface area contributed by atoms with Gasteiger partial charge in [0.15, 0.2) is 0 Å². The Balaban J connectivity index is 2.32. The first kappa shape index (κ1) is 9.72. The van der Waals surface area contributed by atoms with E-state index in [1.807, 2.05) is 0 Å². The summed E-state index contributed by atoms with van der Waals surface area (Å²) in [6, 6.07) is 8.95. The standard InChI is InChI=1S/C13H19N/c1-10(2)13(8-9-14-13)12-6-4-11(3)5-7-12/h4-7,10,14H,8-9H2,1-3H3. The quantitative estimate of drug-likeness (QED) is 0.754. The molecule has 0 radical (unpaired) electrons. The molecule has 0 bridgehead atoms. The van der Waals surface area contributed by atoms with Gasteiger partial charge in [0.1, 0.15) is 0 Å². The third kappa shape index (κ3) is 1.36. The highest BCUT2D eigenvalue weighted by Gasteiger charge is 2.40. The maximum absolute atomic E-state index is 3.59. The molecule has 1 aliphatic heterocycles. The molecule has 0 amide bonds. The highest BCUT2D eigenvalue weighted by Crippen LogP contribution is 2.38. The van der Waals surface area contributed by atoms with Gasteiger partial charge in [0.25, 0.3) is 0 Å². The number of rotatable bonds is 2. The Kier molecular flexibility index (Phi) is 2.36. The van der Waals surface area contributed by atoms with E-state index in [2.05, 4.69) is 50.4 Å². The van der Waals surface area contributed by atoms with Gasteiger partial charge in [-0.1, -0.05) is 43.7 Å². The molecule has 1 aliphatic rings. The maximum atomic E-state index is 3.59. The van der Waals surface area contributed by atoms with Crippen LogP contribution in [-0.4, -0.2) is 6.54 Å². The van der Waals surface area contributed by atoms with E-state index in [0.29, 0.717) is 5.92 Å². The van der Waals surface area contributed by atoms with Crippen molar-refractivity contribution >= 4 is 0 Å². The molecule has 1 unspecified atom stereocenters. The van der Waals surface area contributed by atoms with E-state index in [1.165, 1.54) is 17.5 Å². The maximum Gasteiger partial charge on any atom is 0.0470 e. The van der Waals surface area contributed by atoms with Crippen molar-refractivity contribution in [1.29, 1.82) is 0 Å². The summed E-state index contributed by atoms with van der Waals surface area (Å²) in [6.07, 6.45) is 1.27. The molecule has 1 aromatic carbocycles. The number of hydrogen-bond donors (Lipinski definition) is 1. The van der Waals surface area contributed by atoms with Gasteiger partial charge in [-0.25, -0.2) is 0 Å². The fourth-order valence-corrected chi connectivity index (χ4v) is 2.32. The Hall–Kier alpha value is -0.820. The number of aryl methyl sites for hydroxylation is 1. The predicted molar refractivity (Wildman–Crippen MR) is 60.3 cm³/mol. The smallest absolute Gasteiger partial charge is 0.0470 e. The van der Waals surface area contributed by atoms with Gasteiger partial charge < -0.3 is 5.32 Å². The minimum atomic E-state index is 0.258. The van der Waals surface area contributed by atoms with E-state index in [9.17, 15) is 0 Å². The second-order valence-corrected chi connectivity index (χ2v) is 4.67. The molecule has 1 fully saturated rings. The lowest BCUT2D eigenvalue weighted by Gasteiger charge is -2.47. The summed E-state index contributed by atoms with van der Waals surface area (Å²) in [4.78, 5) is 0. The lowest BCUT2D eigenvalue weighted by molar-refractivity contribution is 0.139. The van der Waals surface area contributed by atoms with E-state index in [0.717, 1.165) is 6.54 Å². The second-order valence-electron chi connectivity index (χ2n) is 4.67. The second kappa shape index (κ2) is 3.39. The van der Waals surface area contributed by atoms with Crippen molar-refractivity contribution in [2.24, 2.45) is 5.92 Å². The molecule has 14 heavy (non-hydrogen) atoms. The summed E-state index contributed by atoms with van der Waals surface area (Å²) in [7, 11) is 0. The van der Waals surface area contributed by atoms with Gasteiger partial charge in [-0.2, -0.15) is 0 Å². The fraction of sp³-hybridized carbons (Fsp3) is 0.538. The van der Waals surface area contributed by atoms with E-state index in [-0.39, 0.29) is 5.54 Å². The van der Waals surface area contributed by atoms with Crippen molar-refractivity contribution in [3.63, 3.8) is 0 Å². The Morgan fingerprint density at radius 3 is 2.14 bits per heavy atom. The molecule has 1 nitrogen and oxygen atoms in total. The Morgan fingerprint density at radius 2 is 1.79 bits per heavy atom. The van der Waals surface area contributed by atoms with Crippen LogP contribution in [0.3, 0.4) is 0 Å². The van der Waals surface area contributed by atoms with Gasteiger partial charge >= 0.3 is 0 Å². The summed E-state index contributed by atoms with van der Waals surface area (Å²) >= 11 is 0. The number of hydrogen-bond acceptors (Lipinski definition) is 1. The predicted octanol–water partition coefficient (Wildman–Crippen LogP) is 2.84. The molecule has 0 aliphatic carbocycles. The molecule has 1 aromatic rings. The Labute approximate surface area is 86.5 Å². The Morgan fingerprint density at radius 1 is 1.21 bits per heavy atom. The molecule has 1 heterocycles. The first-order valence-electron chi connectivity index (χ1n) is 5.47. The van der Waals surface area contributed by atoms with Gasteiger partial charge in [0.05, 0.1) is 0 Å². The summed E-state index contributed by atoms with van der Waals surface area (Å²) in [5.74, 6) is 0.666. The van der Waals surface area contributed by atoms with Crippen LogP contribution in [0.4, 0.5) is 0 Å². The van der Waals surface area contributed by atoms with E-state index >= 15 is 0 Å². The van der Waals surface area contributed by atoms with Gasteiger partial charge in [-0.15, -0.1) is 0 Å². The molecule has 1 N–H and O–H groups in total. The van der Waals surface area contributed by atoms with Crippen molar-refractivity contribution in [2.45, 2.75) is 32.7 Å². The van der Waals surface area contributed by atoms with Crippen LogP contribution in [0.25, 0.3) is 0 Å². The SMILES string of the molecule is Cc1ccc(C2(C(C)C)CCN2)cc1. The van der Waals surface area contributed by atoms with E-state index in [4.69, 9.17) is 0 Å². The van der Waals surface area contributed by atoms with Crippen LogP contribution < -0.4 is 5.32 Å². The molecule has 0 aromatic heterocycles. The average molecular weight is 189 g/mol. The van der Waals surface area contributed by atoms with Gasteiger partial charge in [0, 0.05) is 5.54 Å². The minimum absolute atomic E-state index is 0.258. The summed E-state index contributed by atoms with van der Waals surface area (Å²) in [6.45, 7) is 7.89. The van der Waals surface area contributed by atoms with Crippen molar-refractivity contribution in [3.8, 4) is 0 Å². The lowest BCUT2D eigenvalue weighted by atomic mass is 9.72. The molecule has 1 heteroatoms. The van der Waals surface area contributed by atoms with Crippen LogP contribution in [0.5, 0.6) is 0 Å². The molecule has 0 saturated carbocycles. The molecular weight excluding hydrogens is 170 g/mol. The van der Waals surface area contributed by atoms with Gasteiger partial charge in [-0.05, 0) is 31.4 Å². The first-order valence-corrected chi connectivity index (χ1v) is 5.47. The van der Waals surface area contributed by atoms with E-state index < -0.39 is 0 Å². The summed E-state index contributed by atoms with van der Waals surface area (Å²) in [5, 5.41) is 3.59. The minimum Gasteiger partial charge on any atom is -0.307 e. The van der Waals surface area contributed by atoms with Gasteiger partial charge in [-0.3, -0.25) is 0 Å². The average Bonchev–Trinajstić information content (AvgIpc) is 2.05. The highest BCUT2D eigenvalue weighted by atomic mass is 15.1.